The Hall–Kier alpha value is -0.960. The molecule has 2 rings (SSSR count). The molecule has 96 valence electrons. The van der Waals surface area contributed by atoms with Crippen LogP contribution >= 0.6 is 15.9 Å². The van der Waals surface area contributed by atoms with E-state index < -0.39 is 0 Å². The van der Waals surface area contributed by atoms with Gasteiger partial charge in [-0.1, -0.05) is 6.07 Å². The Morgan fingerprint density at radius 3 is 2.50 bits per heavy atom. The maximum absolute atomic E-state index is 13.4. The maximum Gasteiger partial charge on any atom is 0.137 e. The summed E-state index contributed by atoms with van der Waals surface area (Å²) in [6.07, 6.45) is 0. The van der Waals surface area contributed by atoms with Crippen LogP contribution in [0.25, 0.3) is 0 Å². The van der Waals surface area contributed by atoms with Crippen LogP contribution in [0.5, 0.6) is 0 Å². The second-order valence-corrected chi connectivity index (χ2v) is 5.31. The van der Waals surface area contributed by atoms with Crippen molar-refractivity contribution in [3.05, 3.63) is 34.1 Å². The molecule has 5 heteroatoms. The van der Waals surface area contributed by atoms with Crippen LogP contribution in [-0.4, -0.2) is 42.5 Å². The lowest BCUT2D eigenvalue weighted by atomic mass is 10.2. The second kappa shape index (κ2) is 6.28. The lowest BCUT2D eigenvalue weighted by Crippen LogP contribution is -2.45. The van der Waals surface area contributed by atoms with Gasteiger partial charge in [-0.2, -0.15) is 5.26 Å². The van der Waals surface area contributed by atoms with Gasteiger partial charge in [-0.3, -0.25) is 9.80 Å². The highest BCUT2D eigenvalue weighted by molar-refractivity contribution is 9.10. The molecule has 0 atom stereocenters. The smallest absolute Gasteiger partial charge is 0.137 e. The van der Waals surface area contributed by atoms with E-state index in [1.54, 1.807) is 12.1 Å². The first kappa shape index (κ1) is 13.5. The molecule has 0 aliphatic carbocycles. The van der Waals surface area contributed by atoms with E-state index >= 15 is 0 Å². The first-order valence-corrected chi connectivity index (χ1v) is 6.74. The first-order valence-electron chi connectivity index (χ1n) is 5.94. The molecule has 0 aromatic heterocycles. The van der Waals surface area contributed by atoms with Crippen LogP contribution in [0, 0.1) is 17.1 Å². The molecule has 0 bridgehead atoms. The minimum Gasteiger partial charge on any atom is -0.297 e. The van der Waals surface area contributed by atoms with Gasteiger partial charge in [0.25, 0.3) is 0 Å². The molecule has 0 N–H and O–H groups in total. The summed E-state index contributed by atoms with van der Waals surface area (Å²) in [6.45, 7) is 4.95. The minimum atomic E-state index is -0.212. The normalized spacial score (nSPS) is 17.6. The highest BCUT2D eigenvalue weighted by atomic mass is 79.9. The Kier molecular flexibility index (Phi) is 4.70. The van der Waals surface area contributed by atoms with Crippen LogP contribution in [0.1, 0.15) is 5.56 Å². The van der Waals surface area contributed by atoms with Crippen LogP contribution in [0.4, 0.5) is 4.39 Å². The Bertz CT molecular complexity index is 450. The number of rotatable bonds is 3. The number of hydrogen-bond acceptors (Lipinski definition) is 3. The molecule has 1 aromatic carbocycles. The standard InChI is InChI=1S/C13H15BrFN3/c14-12-2-1-11(9-13(12)15)10-18-7-5-17(4-3-16)6-8-18/h1-2,9H,4-8,10H2. The summed E-state index contributed by atoms with van der Waals surface area (Å²) in [5.74, 6) is -0.212. The fraction of sp³-hybridized carbons (Fsp3) is 0.462. The van der Waals surface area contributed by atoms with E-state index in [1.165, 1.54) is 0 Å². The van der Waals surface area contributed by atoms with Gasteiger partial charge in [-0.05, 0) is 33.6 Å². The average Bonchev–Trinajstić information content (AvgIpc) is 2.37. The van der Waals surface area contributed by atoms with Gasteiger partial charge in [0.05, 0.1) is 17.1 Å². The Morgan fingerprint density at radius 1 is 1.22 bits per heavy atom. The van der Waals surface area contributed by atoms with Crippen molar-refractivity contribution in [1.82, 2.24) is 9.80 Å². The van der Waals surface area contributed by atoms with E-state index in [0.29, 0.717) is 11.0 Å². The summed E-state index contributed by atoms with van der Waals surface area (Å²) >= 11 is 3.15. The largest absolute Gasteiger partial charge is 0.297 e. The van der Waals surface area contributed by atoms with Crippen LogP contribution in [-0.2, 0) is 6.54 Å². The van der Waals surface area contributed by atoms with E-state index in [0.717, 1.165) is 38.3 Å². The third kappa shape index (κ3) is 3.52. The van der Waals surface area contributed by atoms with E-state index in [4.69, 9.17) is 5.26 Å². The molecular weight excluding hydrogens is 297 g/mol. The van der Waals surface area contributed by atoms with Crippen molar-refractivity contribution in [2.75, 3.05) is 32.7 Å². The monoisotopic (exact) mass is 311 g/mol. The molecule has 0 saturated carbocycles. The van der Waals surface area contributed by atoms with Crippen LogP contribution in [0.15, 0.2) is 22.7 Å². The summed E-state index contributed by atoms with van der Waals surface area (Å²) in [5.41, 5.74) is 0.990. The van der Waals surface area contributed by atoms with Crippen LogP contribution in [0.2, 0.25) is 0 Å². The molecule has 1 saturated heterocycles. The molecule has 1 heterocycles. The average molecular weight is 312 g/mol. The Labute approximate surface area is 115 Å². The van der Waals surface area contributed by atoms with Crippen molar-refractivity contribution in [3.8, 4) is 6.07 Å². The van der Waals surface area contributed by atoms with Crippen molar-refractivity contribution in [2.45, 2.75) is 6.54 Å². The molecule has 1 aliphatic rings. The zero-order valence-corrected chi connectivity index (χ0v) is 11.7. The molecule has 0 spiro atoms. The summed E-state index contributed by atoms with van der Waals surface area (Å²) in [7, 11) is 0. The van der Waals surface area contributed by atoms with Crippen LogP contribution in [0.3, 0.4) is 0 Å². The number of piperazine rings is 1. The molecule has 0 radical (unpaired) electrons. The van der Waals surface area contributed by atoms with Gasteiger partial charge in [0.15, 0.2) is 0 Å². The van der Waals surface area contributed by atoms with Crippen molar-refractivity contribution in [2.24, 2.45) is 0 Å². The predicted octanol–water partition coefficient (Wildman–Crippen LogP) is 2.23. The molecular formula is C13H15BrFN3. The molecule has 1 fully saturated rings. The van der Waals surface area contributed by atoms with Gasteiger partial charge in [0.1, 0.15) is 5.82 Å². The highest BCUT2D eigenvalue weighted by Gasteiger charge is 2.16. The van der Waals surface area contributed by atoms with Gasteiger partial charge >= 0.3 is 0 Å². The maximum atomic E-state index is 13.4. The Morgan fingerprint density at radius 2 is 1.89 bits per heavy atom. The molecule has 18 heavy (non-hydrogen) atoms. The predicted molar refractivity (Wildman–Crippen MR) is 71.4 cm³/mol. The molecule has 0 amide bonds. The van der Waals surface area contributed by atoms with E-state index in [1.807, 2.05) is 6.07 Å². The SMILES string of the molecule is N#CCN1CCN(Cc2ccc(Br)c(F)c2)CC1. The summed E-state index contributed by atoms with van der Waals surface area (Å²) < 4.78 is 13.9. The zero-order valence-electron chi connectivity index (χ0n) is 10.1. The number of nitriles is 1. The minimum absolute atomic E-state index is 0.212. The third-order valence-electron chi connectivity index (χ3n) is 3.15. The number of nitrogens with zero attached hydrogens (tertiary/aromatic N) is 3. The van der Waals surface area contributed by atoms with Gasteiger partial charge in [0, 0.05) is 32.7 Å². The molecule has 0 unspecified atom stereocenters. The third-order valence-corrected chi connectivity index (χ3v) is 3.79. The summed E-state index contributed by atoms with van der Waals surface area (Å²) in [4.78, 5) is 4.43. The second-order valence-electron chi connectivity index (χ2n) is 4.46. The van der Waals surface area contributed by atoms with Crippen molar-refractivity contribution in [1.29, 1.82) is 5.26 Å². The van der Waals surface area contributed by atoms with Gasteiger partial charge in [0.2, 0.25) is 0 Å². The molecule has 1 aromatic rings. The first-order chi connectivity index (χ1) is 8.69. The van der Waals surface area contributed by atoms with Crippen molar-refractivity contribution < 1.29 is 4.39 Å². The van der Waals surface area contributed by atoms with E-state index in [-0.39, 0.29) is 5.82 Å². The van der Waals surface area contributed by atoms with E-state index in [9.17, 15) is 4.39 Å². The zero-order chi connectivity index (χ0) is 13.0. The Balaban J connectivity index is 1.88. The number of hydrogen-bond donors (Lipinski definition) is 0. The van der Waals surface area contributed by atoms with Gasteiger partial charge in [-0.25, -0.2) is 4.39 Å². The van der Waals surface area contributed by atoms with Gasteiger partial charge in [-0.15, -0.1) is 0 Å². The van der Waals surface area contributed by atoms with Crippen molar-refractivity contribution in [3.63, 3.8) is 0 Å². The lowest BCUT2D eigenvalue weighted by molar-refractivity contribution is 0.138. The van der Waals surface area contributed by atoms with E-state index in [2.05, 4.69) is 31.8 Å². The fourth-order valence-electron chi connectivity index (χ4n) is 2.10. The molecule has 1 aliphatic heterocycles. The lowest BCUT2D eigenvalue weighted by Gasteiger charge is -2.33. The topological polar surface area (TPSA) is 30.3 Å². The summed E-state index contributed by atoms with van der Waals surface area (Å²) in [6, 6.07) is 7.43. The number of benzene rings is 1. The number of halogens is 2. The fourth-order valence-corrected chi connectivity index (χ4v) is 2.35. The van der Waals surface area contributed by atoms with Gasteiger partial charge < -0.3 is 0 Å². The summed E-state index contributed by atoms with van der Waals surface area (Å²) in [5, 5.41) is 8.62. The van der Waals surface area contributed by atoms with Crippen molar-refractivity contribution >= 4 is 15.9 Å². The van der Waals surface area contributed by atoms with Crippen LogP contribution < -0.4 is 0 Å². The highest BCUT2D eigenvalue weighted by Crippen LogP contribution is 2.17. The quantitative estimate of drug-likeness (QED) is 0.802. The molecule has 3 nitrogen and oxygen atoms in total.